The summed E-state index contributed by atoms with van der Waals surface area (Å²) in [6, 6.07) is 6.78. The van der Waals surface area contributed by atoms with Crippen LogP contribution in [0.5, 0.6) is 0 Å². The third kappa shape index (κ3) is 2.61. The second-order valence-corrected chi connectivity index (χ2v) is 6.34. The van der Waals surface area contributed by atoms with Crippen molar-refractivity contribution in [2.45, 2.75) is 32.6 Å². The summed E-state index contributed by atoms with van der Waals surface area (Å²) in [4.78, 5) is 14.2. The highest BCUT2D eigenvalue weighted by Crippen LogP contribution is 2.30. The summed E-state index contributed by atoms with van der Waals surface area (Å²) < 4.78 is 13.7. The molecule has 2 aromatic rings. The highest BCUT2D eigenvalue weighted by Gasteiger charge is 2.18. The molecule has 1 heterocycles. The van der Waals surface area contributed by atoms with Crippen LogP contribution in [0.3, 0.4) is 0 Å². The van der Waals surface area contributed by atoms with Crippen molar-refractivity contribution in [2.75, 3.05) is 5.32 Å². The molecule has 104 valence electrons. The normalized spacial score (nSPS) is 13.9. The van der Waals surface area contributed by atoms with Gasteiger partial charge in [0.2, 0.25) is 0 Å². The Hall–Kier alpha value is -1.68. The lowest BCUT2D eigenvalue weighted by atomic mass is 9.99. The van der Waals surface area contributed by atoms with Crippen LogP contribution in [-0.2, 0) is 12.8 Å². The molecule has 0 unspecified atom stereocenters. The van der Waals surface area contributed by atoms with E-state index in [-0.39, 0.29) is 17.4 Å². The number of nitrogens with one attached hydrogen (secondary N) is 1. The Morgan fingerprint density at radius 3 is 2.80 bits per heavy atom. The van der Waals surface area contributed by atoms with Crippen LogP contribution in [0.2, 0.25) is 0 Å². The molecule has 0 atom stereocenters. The van der Waals surface area contributed by atoms with Gasteiger partial charge in [-0.2, -0.15) is 0 Å². The van der Waals surface area contributed by atoms with Gasteiger partial charge in [0.25, 0.3) is 5.91 Å². The van der Waals surface area contributed by atoms with E-state index >= 15 is 0 Å². The molecule has 20 heavy (non-hydrogen) atoms. The van der Waals surface area contributed by atoms with Gasteiger partial charge in [0.15, 0.2) is 0 Å². The third-order valence-corrected chi connectivity index (χ3v) is 4.83. The van der Waals surface area contributed by atoms with Crippen molar-refractivity contribution in [3.8, 4) is 0 Å². The highest BCUT2D eigenvalue weighted by atomic mass is 32.1. The van der Waals surface area contributed by atoms with Crippen molar-refractivity contribution in [3.05, 3.63) is 51.0 Å². The molecule has 0 bridgehead atoms. The highest BCUT2D eigenvalue weighted by molar-refractivity contribution is 7.14. The van der Waals surface area contributed by atoms with Crippen LogP contribution in [0.1, 0.15) is 38.5 Å². The average Bonchev–Trinajstić information content (AvgIpc) is 2.86. The van der Waals surface area contributed by atoms with Crippen molar-refractivity contribution in [1.82, 2.24) is 0 Å². The lowest BCUT2D eigenvalue weighted by Crippen LogP contribution is -2.11. The standard InChI is InChI=1S/C16H16FNOS/c1-10-6-7-13(12(17)8-10)18-16(19)15-9-11-4-2-3-5-14(11)20-15/h6-9H,2-5H2,1H3,(H,18,19). The number of hydrogen-bond acceptors (Lipinski definition) is 2. The number of aryl methyl sites for hydroxylation is 3. The van der Waals surface area contributed by atoms with Gasteiger partial charge in [0.05, 0.1) is 10.6 Å². The largest absolute Gasteiger partial charge is 0.319 e. The van der Waals surface area contributed by atoms with Gasteiger partial charge < -0.3 is 5.32 Å². The number of carbonyl (C=O) groups is 1. The van der Waals surface area contributed by atoms with Crippen molar-refractivity contribution >= 4 is 22.9 Å². The molecule has 0 saturated heterocycles. The summed E-state index contributed by atoms with van der Waals surface area (Å²) in [7, 11) is 0. The topological polar surface area (TPSA) is 29.1 Å². The van der Waals surface area contributed by atoms with Gasteiger partial charge in [-0.05, 0) is 61.9 Å². The Bertz CT molecular complexity index is 639. The fourth-order valence-electron chi connectivity index (χ4n) is 2.51. The number of amides is 1. The molecule has 0 fully saturated rings. The lowest BCUT2D eigenvalue weighted by Gasteiger charge is -2.08. The average molecular weight is 289 g/mol. The van der Waals surface area contributed by atoms with E-state index < -0.39 is 0 Å². The van der Waals surface area contributed by atoms with Crippen molar-refractivity contribution in [1.29, 1.82) is 0 Å². The first-order chi connectivity index (χ1) is 9.63. The van der Waals surface area contributed by atoms with Gasteiger partial charge in [-0.1, -0.05) is 6.07 Å². The first-order valence-electron chi connectivity index (χ1n) is 6.82. The minimum Gasteiger partial charge on any atom is -0.319 e. The minimum absolute atomic E-state index is 0.216. The monoisotopic (exact) mass is 289 g/mol. The van der Waals surface area contributed by atoms with Gasteiger partial charge in [-0.15, -0.1) is 11.3 Å². The molecule has 0 spiro atoms. The van der Waals surface area contributed by atoms with Crippen molar-refractivity contribution < 1.29 is 9.18 Å². The zero-order valence-corrected chi connectivity index (χ0v) is 12.1. The maximum Gasteiger partial charge on any atom is 0.265 e. The van der Waals surface area contributed by atoms with E-state index in [0.29, 0.717) is 4.88 Å². The summed E-state index contributed by atoms with van der Waals surface area (Å²) in [5.74, 6) is -0.605. The van der Waals surface area contributed by atoms with Crippen LogP contribution in [0.4, 0.5) is 10.1 Å². The van der Waals surface area contributed by atoms with Crippen LogP contribution < -0.4 is 5.32 Å². The van der Waals surface area contributed by atoms with Gasteiger partial charge in [-0.3, -0.25) is 4.79 Å². The summed E-state index contributed by atoms with van der Waals surface area (Å²) in [6.45, 7) is 1.82. The quantitative estimate of drug-likeness (QED) is 0.876. The second-order valence-electron chi connectivity index (χ2n) is 5.20. The van der Waals surface area contributed by atoms with Crippen molar-refractivity contribution in [3.63, 3.8) is 0 Å². The van der Waals surface area contributed by atoms with Gasteiger partial charge in [-0.25, -0.2) is 4.39 Å². The number of rotatable bonds is 2. The second kappa shape index (κ2) is 5.37. The molecule has 1 amide bonds. The number of hydrogen-bond donors (Lipinski definition) is 1. The predicted octanol–water partition coefficient (Wildman–Crippen LogP) is 4.33. The predicted molar refractivity (Wildman–Crippen MR) is 80.1 cm³/mol. The molecule has 1 N–H and O–H groups in total. The molecule has 4 heteroatoms. The van der Waals surface area contributed by atoms with Gasteiger partial charge >= 0.3 is 0 Å². The number of thiophene rings is 1. The fourth-order valence-corrected chi connectivity index (χ4v) is 3.66. The summed E-state index contributed by atoms with van der Waals surface area (Å²) in [5.41, 5.74) is 2.37. The molecule has 2 nitrogen and oxygen atoms in total. The molecule has 1 aliphatic rings. The van der Waals surface area contributed by atoms with E-state index in [1.54, 1.807) is 12.1 Å². The zero-order chi connectivity index (χ0) is 14.1. The number of anilines is 1. The molecule has 0 aliphatic heterocycles. The fraction of sp³-hybridized carbons (Fsp3) is 0.312. The Balaban J connectivity index is 1.80. The SMILES string of the molecule is Cc1ccc(NC(=O)c2cc3c(s2)CCCC3)c(F)c1. The molecular weight excluding hydrogens is 273 g/mol. The Morgan fingerprint density at radius 1 is 1.25 bits per heavy atom. The van der Waals surface area contributed by atoms with Gasteiger partial charge in [0, 0.05) is 4.88 Å². The first kappa shape index (κ1) is 13.3. The molecule has 3 rings (SSSR count). The number of carbonyl (C=O) groups excluding carboxylic acids is 1. The van der Waals surface area contributed by atoms with Crippen LogP contribution in [0, 0.1) is 12.7 Å². The molecule has 1 aliphatic carbocycles. The smallest absolute Gasteiger partial charge is 0.265 e. The Morgan fingerprint density at radius 2 is 2.05 bits per heavy atom. The Labute approximate surface area is 121 Å². The molecule has 1 aromatic carbocycles. The maximum atomic E-state index is 13.7. The van der Waals surface area contributed by atoms with E-state index in [4.69, 9.17) is 0 Å². The van der Waals surface area contributed by atoms with Crippen LogP contribution in [0.25, 0.3) is 0 Å². The lowest BCUT2D eigenvalue weighted by molar-refractivity contribution is 0.103. The number of benzene rings is 1. The van der Waals surface area contributed by atoms with E-state index in [9.17, 15) is 9.18 Å². The van der Waals surface area contributed by atoms with E-state index in [2.05, 4.69) is 5.32 Å². The van der Waals surface area contributed by atoms with E-state index in [1.807, 2.05) is 13.0 Å². The number of fused-ring (bicyclic) bond motifs is 1. The molecule has 0 radical (unpaired) electrons. The van der Waals surface area contributed by atoms with Gasteiger partial charge in [0.1, 0.15) is 5.82 Å². The molecule has 1 aromatic heterocycles. The summed E-state index contributed by atoms with van der Waals surface area (Å²) in [6.07, 6.45) is 4.50. The number of halogens is 1. The summed E-state index contributed by atoms with van der Waals surface area (Å²) in [5, 5.41) is 2.66. The first-order valence-corrected chi connectivity index (χ1v) is 7.64. The van der Waals surface area contributed by atoms with E-state index in [1.165, 1.54) is 40.7 Å². The molecular formula is C16H16FNOS. The van der Waals surface area contributed by atoms with Crippen LogP contribution >= 0.6 is 11.3 Å². The Kier molecular flexibility index (Phi) is 3.57. The van der Waals surface area contributed by atoms with Crippen LogP contribution in [-0.4, -0.2) is 5.91 Å². The van der Waals surface area contributed by atoms with E-state index in [0.717, 1.165) is 18.4 Å². The van der Waals surface area contributed by atoms with Crippen molar-refractivity contribution in [2.24, 2.45) is 0 Å². The third-order valence-electron chi connectivity index (χ3n) is 3.59. The van der Waals surface area contributed by atoms with Crippen LogP contribution in [0.15, 0.2) is 24.3 Å². The summed E-state index contributed by atoms with van der Waals surface area (Å²) >= 11 is 1.54. The maximum absolute atomic E-state index is 13.7. The zero-order valence-electron chi connectivity index (χ0n) is 11.3. The minimum atomic E-state index is -0.389. The molecule has 0 saturated carbocycles.